The van der Waals surface area contributed by atoms with E-state index in [1.54, 1.807) is 0 Å². The molecular formula is C16H18F2N2O4. The van der Waals surface area contributed by atoms with Gasteiger partial charge < -0.3 is 19.7 Å². The van der Waals surface area contributed by atoms with E-state index in [2.05, 4.69) is 14.8 Å². The van der Waals surface area contributed by atoms with Crippen LogP contribution in [-0.2, 0) is 9.59 Å². The van der Waals surface area contributed by atoms with Gasteiger partial charge in [0.05, 0.1) is 6.54 Å². The molecule has 0 atom stereocenters. The number of carbonyl (C=O) groups is 2. The first-order chi connectivity index (χ1) is 11.4. The van der Waals surface area contributed by atoms with Gasteiger partial charge in [-0.25, -0.2) is 0 Å². The molecule has 1 N–H and O–H groups in total. The van der Waals surface area contributed by atoms with Gasteiger partial charge in [-0.05, 0) is 25.0 Å². The number of anilines is 1. The van der Waals surface area contributed by atoms with Crippen molar-refractivity contribution in [3.63, 3.8) is 0 Å². The molecule has 6 nitrogen and oxygen atoms in total. The van der Waals surface area contributed by atoms with Crippen LogP contribution in [0.5, 0.6) is 11.5 Å². The summed E-state index contributed by atoms with van der Waals surface area (Å²) in [5.41, 5.74) is 0.305. The van der Waals surface area contributed by atoms with Crippen LogP contribution in [0.1, 0.15) is 32.1 Å². The molecule has 8 heteroatoms. The van der Waals surface area contributed by atoms with E-state index in [0.717, 1.165) is 25.7 Å². The van der Waals surface area contributed by atoms with Crippen LogP contribution in [0.15, 0.2) is 18.2 Å². The number of fused-ring (bicyclic) bond motifs is 1. The molecule has 2 heterocycles. The van der Waals surface area contributed by atoms with Crippen molar-refractivity contribution in [1.29, 1.82) is 0 Å². The molecule has 0 saturated carbocycles. The Morgan fingerprint density at radius 2 is 1.92 bits per heavy atom. The second kappa shape index (κ2) is 6.62. The summed E-state index contributed by atoms with van der Waals surface area (Å²) in [6, 6.07) is 4.01. The van der Waals surface area contributed by atoms with Gasteiger partial charge in [-0.15, -0.1) is 8.78 Å². The first kappa shape index (κ1) is 16.5. The van der Waals surface area contributed by atoms with Gasteiger partial charge in [0.1, 0.15) is 0 Å². The summed E-state index contributed by atoms with van der Waals surface area (Å²) in [6.45, 7) is 0.503. The molecule has 0 aromatic heterocycles. The molecule has 3 rings (SSSR count). The predicted octanol–water partition coefficient (Wildman–Crippen LogP) is 2.74. The topological polar surface area (TPSA) is 67.9 Å². The number of halogens is 2. The Kier molecular flexibility index (Phi) is 4.55. The van der Waals surface area contributed by atoms with Crippen molar-refractivity contribution in [3.05, 3.63) is 18.2 Å². The Morgan fingerprint density at radius 3 is 2.75 bits per heavy atom. The fraction of sp³-hybridized carbons (Fsp3) is 0.500. The Labute approximate surface area is 137 Å². The van der Waals surface area contributed by atoms with Gasteiger partial charge in [-0.1, -0.05) is 12.8 Å². The predicted molar refractivity (Wildman–Crippen MR) is 80.9 cm³/mol. The second-order valence-corrected chi connectivity index (χ2v) is 5.86. The monoisotopic (exact) mass is 340 g/mol. The molecule has 24 heavy (non-hydrogen) atoms. The van der Waals surface area contributed by atoms with E-state index in [1.165, 1.54) is 23.1 Å². The molecule has 1 fully saturated rings. The lowest BCUT2D eigenvalue weighted by atomic mass is 10.1. The number of amides is 2. The van der Waals surface area contributed by atoms with Gasteiger partial charge in [-0.3, -0.25) is 9.59 Å². The summed E-state index contributed by atoms with van der Waals surface area (Å²) in [5, 5.41) is 2.59. The summed E-state index contributed by atoms with van der Waals surface area (Å²) in [5.74, 6) is -0.637. The van der Waals surface area contributed by atoms with E-state index in [-0.39, 0.29) is 29.9 Å². The summed E-state index contributed by atoms with van der Waals surface area (Å²) in [6.07, 6.45) is 0.551. The molecule has 1 saturated heterocycles. The highest BCUT2D eigenvalue weighted by atomic mass is 19.3. The molecule has 0 radical (unpaired) electrons. The molecule has 0 unspecified atom stereocenters. The largest absolute Gasteiger partial charge is 0.586 e. The standard InChI is InChI=1S/C16H18F2N2O4/c17-16(18)23-12-7-6-11(9-13(12)24-16)19-14(21)10-20-8-4-2-1-3-5-15(20)22/h6-7,9H,1-5,8,10H2,(H,19,21). The number of benzene rings is 1. The third-order valence-corrected chi connectivity index (χ3v) is 3.94. The van der Waals surface area contributed by atoms with Crippen molar-refractivity contribution in [2.45, 2.75) is 38.4 Å². The number of carbonyl (C=O) groups excluding carboxylic acids is 2. The maximum Gasteiger partial charge on any atom is 0.586 e. The van der Waals surface area contributed by atoms with E-state index in [4.69, 9.17) is 0 Å². The van der Waals surface area contributed by atoms with Crippen molar-refractivity contribution >= 4 is 17.5 Å². The maximum absolute atomic E-state index is 13.0. The lowest BCUT2D eigenvalue weighted by molar-refractivity contribution is -0.286. The van der Waals surface area contributed by atoms with Gasteiger partial charge >= 0.3 is 6.29 Å². The second-order valence-electron chi connectivity index (χ2n) is 5.86. The third kappa shape index (κ3) is 3.93. The first-order valence-electron chi connectivity index (χ1n) is 7.90. The zero-order valence-electron chi connectivity index (χ0n) is 13.0. The van der Waals surface area contributed by atoms with E-state index < -0.39 is 6.29 Å². The molecule has 2 amide bonds. The fourth-order valence-corrected chi connectivity index (χ4v) is 2.78. The normalized spacial score (nSPS) is 19.6. The fourth-order valence-electron chi connectivity index (χ4n) is 2.78. The number of hydrogen-bond donors (Lipinski definition) is 1. The van der Waals surface area contributed by atoms with Crippen LogP contribution in [0.25, 0.3) is 0 Å². The van der Waals surface area contributed by atoms with Crippen LogP contribution < -0.4 is 14.8 Å². The van der Waals surface area contributed by atoms with Gasteiger partial charge in [0.2, 0.25) is 11.8 Å². The van der Waals surface area contributed by atoms with Crippen molar-refractivity contribution < 1.29 is 27.8 Å². The van der Waals surface area contributed by atoms with Crippen molar-refractivity contribution in [3.8, 4) is 11.5 Å². The van der Waals surface area contributed by atoms with Gasteiger partial charge in [0.25, 0.3) is 0 Å². The minimum atomic E-state index is -3.69. The highest BCUT2D eigenvalue weighted by Gasteiger charge is 2.43. The minimum absolute atomic E-state index is 0.0322. The molecule has 1 aromatic rings. The lowest BCUT2D eigenvalue weighted by Gasteiger charge is -2.24. The average molecular weight is 340 g/mol. The summed E-state index contributed by atoms with van der Waals surface area (Å²) < 4.78 is 34.6. The molecular weight excluding hydrogens is 322 g/mol. The zero-order valence-corrected chi connectivity index (χ0v) is 13.0. The Hall–Kier alpha value is -2.38. The number of ether oxygens (including phenoxy) is 2. The number of likely N-dealkylation sites (tertiary alicyclic amines) is 1. The smallest absolute Gasteiger partial charge is 0.395 e. The summed E-state index contributed by atoms with van der Waals surface area (Å²) in [4.78, 5) is 25.7. The van der Waals surface area contributed by atoms with Crippen LogP contribution in [0.3, 0.4) is 0 Å². The SMILES string of the molecule is O=C(CN1CCCCCCC1=O)Nc1ccc2c(c1)OC(F)(F)O2. The Morgan fingerprint density at radius 1 is 1.17 bits per heavy atom. The van der Waals surface area contributed by atoms with E-state index in [9.17, 15) is 18.4 Å². The van der Waals surface area contributed by atoms with Crippen molar-refractivity contribution in [1.82, 2.24) is 4.90 Å². The number of rotatable bonds is 3. The van der Waals surface area contributed by atoms with E-state index in [1.807, 2.05) is 0 Å². The lowest BCUT2D eigenvalue weighted by Crippen LogP contribution is -2.39. The average Bonchev–Trinajstić information content (AvgIpc) is 2.80. The molecule has 130 valence electrons. The van der Waals surface area contributed by atoms with Crippen LogP contribution >= 0.6 is 0 Å². The van der Waals surface area contributed by atoms with Crippen LogP contribution in [0.2, 0.25) is 0 Å². The van der Waals surface area contributed by atoms with Crippen LogP contribution in [0, 0.1) is 0 Å². The highest BCUT2D eigenvalue weighted by Crippen LogP contribution is 2.42. The van der Waals surface area contributed by atoms with Crippen molar-refractivity contribution in [2.24, 2.45) is 0 Å². The molecule has 1 aromatic carbocycles. The molecule has 0 aliphatic carbocycles. The molecule has 0 spiro atoms. The zero-order chi connectivity index (χ0) is 17.2. The number of hydrogen-bond acceptors (Lipinski definition) is 4. The van der Waals surface area contributed by atoms with Crippen LogP contribution in [0.4, 0.5) is 14.5 Å². The van der Waals surface area contributed by atoms with Crippen LogP contribution in [-0.4, -0.2) is 36.1 Å². The van der Waals surface area contributed by atoms with Gasteiger partial charge in [-0.2, -0.15) is 0 Å². The minimum Gasteiger partial charge on any atom is -0.395 e. The summed E-state index contributed by atoms with van der Waals surface area (Å²) in [7, 11) is 0. The Balaban J connectivity index is 1.60. The molecule has 2 aliphatic rings. The maximum atomic E-state index is 13.0. The molecule has 2 aliphatic heterocycles. The third-order valence-electron chi connectivity index (χ3n) is 3.94. The summed E-state index contributed by atoms with van der Waals surface area (Å²) >= 11 is 0. The quantitative estimate of drug-likeness (QED) is 0.919. The number of alkyl halides is 2. The van der Waals surface area contributed by atoms with Crippen molar-refractivity contribution in [2.75, 3.05) is 18.4 Å². The molecule has 0 bridgehead atoms. The first-order valence-corrected chi connectivity index (χ1v) is 7.90. The van der Waals surface area contributed by atoms with E-state index in [0.29, 0.717) is 18.7 Å². The van der Waals surface area contributed by atoms with Gasteiger partial charge in [0.15, 0.2) is 11.5 Å². The number of nitrogens with one attached hydrogen (secondary N) is 1. The van der Waals surface area contributed by atoms with Gasteiger partial charge in [0, 0.05) is 24.7 Å². The number of nitrogens with zero attached hydrogens (tertiary/aromatic N) is 1. The Bertz CT molecular complexity index is 651. The van der Waals surface area contributed by atoms with E-state index >= 15 is 0 Å². The highest BCUT2D eigenvalue weighted by molar-refractivity contribution is 5.94.